The van der Waals surface area contributed by atoms with Crippen molar-refractivity contribution in [1.29, 1.82) is 0 Å². The fraction of sp³-hybridized carbons (Fsp3) is 0.417. The van der Waals surface area contributed by atoms with Crippen LogP contribution in [0.5, 0.6) is 0 Å². The van der Waals surface area contributed by atoms with Gasteiger partial charge in [0.25, 0.3) is 5.91 Å². The van der Waals surface area contributed by atoms with Crippen molar-refractivity contribution in [3.05, 3.63) is 33.3 Å². The zero-order chi connectivity index (χ0) is 12.8. The van der Waals surface area contributed by atoms with Gasteiger partial charge in [0.2, 0.25) is 0 Å². The van der Waals surface area contributed by atoms with Crippen LogP contribution in [-0.4, -0.2) is 37.6 Å². The predicted molar refractivity (Wildman–Crippen MR) is 72.6 cm³/mol. The highest BCUT2D eigenvalue weighted by Crippen LogP contribution is 2.20. The minimum atomic E-state index is -0.0345. The second-order valence-electron chi connectivity index (χ2n) is 3.54. The van der Waals surface area contributed by atoms with Gasteiger partial charge >= 0.3 is 0 Å². The Labute approximate surface area is 115 Å². The molecule has 5 heteroatoms. The van der Waals surface area contributed by atoms with Crippen LogP contribution in [0.25, 0.3) is 0 Å². The molecule has 0 spiro atoms. The molecule has 1 aromatic carbocycles. The molecule has 0 radical (unpaired) electrons. The van der Waals surface area contributed by atoms with Gasteiger partial charge in [0.15, 0.2) is 0 Å². The van der Waals surface area contributed by atoms with Gasteiger partial charge < -0.3 is 9.64 Å². The van der Waals surface area contributed by atoms with Gasteiger partial charge in [-0.25, -0.2) is 0 Å². The smallest absolute Gasteiger partial charge is 0.254 e. The van der Waals surface area contributed by atoms with Gasteiger partial charge in [-0.2, -0.15) is 0 Å². The molecular weight excluding hydrogens is 305 g/mol. The number of hydrogen-bond acceptors (Lipinski definition) is 2. The Morgan fingerprint density at radius 3 is 2.71 bits per heavy atom. The van der Waals surface area contributed by atoms with E-state index in [-0.39, 0.29) is 5.91 Å². The maximum atomic E-state index is 12.2. The summed E-state index contributed by atoms with van der Waals surface area (Å²) in [4.78, 5) is 13.9. The van der Waals surface area contributed by atoms with Gasteiger partial charge in [-0.1, -0.05) is 27.5 Å². The van der Waals surface area contributed by atoms with E-state index >= 15 is 0 Å². The molecule has 1 aromatic rings. The van der Waals surface area contributed by atoms with Crippen LogP contribution in [0, 0.1) is 0 Å². The zero-order valence-electron chi connectivity index (χ0n) is 9.87. The average Bonchev–Trinajstić information content (AvgIpc) is 2.28. The lowest BCUT2D eigenvalue weighted by atomic mass is 10.2. The normalized spacial score (nSPS) is 10.4. The summed E-state index contributed by atoms with van der Waals surface area (Å²) in [7, 11) is 1.62. The van der Waals surface area contributed by atoms with Crippen molar-refractivity contribution < 1.29 is 9.53 Å². The highest BCUT2D eigenvalue weighted by Gasteiger charge is 2.14. The number of carbonyl (C=O) groups excluding carboxylic acids is 1. The van der Waals surface area contributed by atoms with E-state index in [2.05, 4.69) is 15.9 Å². The van der Waals surface area contributed by atoms with Crippen LogP contribution in [-0.2, 0) is 4.74 Å². The van der Waals surface area contributed by atoms with E-state index in [9.17, 15) is 4.79 Å². The third kappa shape index (κ3) is 4.30. The van der Waals surface area contributed by atoms with Crippen LogP contribution in [0.2, 0.25) is 5.02 Å². The second-order valence-corrected chi connectivity index (χ2v) is 4.89. The average molecular weight is 321 g/mol. The van der Waals surface area contributed by atoms with Crippen LogP contribution < -0.4 is 0 Å². The van der Waals surface area contributed by atoms with Crippen molar-refractivity contribution >= 4 is 33.4 Å². The van der Waals surface area contributed by atoms with Gasteiger partial charge in [0.1, 0.15) is 0 Å². The van der Waals surface area contributed by atoms with Crippen LogP contribution >= 0.6 is 27.5 Å². The lowest BCUT2D eigenvalue weighted by Gasteiger charge is -2.20. The lowest BCUT2D eigenvalue weighted by molar-refractivity contribution is 0.0706. The first-order valence-electron chi connectivity index (χ1n) is 5.32. The monoisotopic (exact) mass is 319 g/mol. The number of amides is 1. The number of methoxy groups -OCH3 is 1. The predicted octanol–water partition coefficient (Wildman–Crippen LogP) is 3.21. The van der Waals surface area contributed by atoms with Gasteiger partial charge in [0.05, 0.1) is 6.61 Å². The molecule has 0 aliphatic carbocycles. The molecule has 94 valence electrons. The molecule has 1 rings (SSSR count). The zero-order valence-corrected chi connectivity index (χ0v) is 12.2. The van der Waals surface area contributed by atoms with Crippen molar-refractivity contribution in [2.45, 2.75) is 6.92 Å². The number of carbonyl (C=O) groups is 1. The molecule has 0 heterocycles. The molecule has 0 saturated heterocycles. The minimum absolute atomic E-state index is 0.0345. The van der Waals surface area contributed by atoms with Crippen LogP contribution in [0.3, 0.4) is 0 Å². The largest absolute Gasteiger partial charge is 0.383 e. The summed E-state index contributed by atoms with van der Waals surface area (Å²) in [6.07, 6.45) is 0. The first-order valence-corrected chi connectivity index (χ1v) is 6.50. The molecular formula is C12H15BrClNO2. The maximum absolute atomic E-state index is 12.2. The van der Waals surface area contributed by atoms with Crippen LogP contribution in [0.4, 0.5) is 0 Å². The first-order chi connectivity index (χ1) is 8.08. The quantitative estimate of drug-likeness (QED) is 0.834. The molecule has 17 heavy (non-hydrogen) atoms. The summed E-state index contributed by atoms with van der Waals surface area (Å²) in [5.41, 5.74) is 0.585. The van der Waals surface area contributed by atoms with Crippen LogP contribution in [0.1, 0.15) is 17.3 Å². The number of rotatable bonds is 5. The summed E-state index contributed by atoms with van der Waals surface area (Å²) in [5, 5.41) is 0.547. The molecule has 0 N–H and O–H groups in total. The van der Waals surface area contributed by atoms with Gasteiger partial charge in [-0.05, 0) is 25.1 Å². The van der Waals surface area contributed by atoms with E-state index in [0.717, 1.165) is 4.47 Å². The molecule has 0 aliphatic rings. The Hall–Kier alpha value is -0.580. The molecule has 0 aliphatic heterocycles. The molecule has 0 fully saturated rings. The second kappa shape index (κ2) is 6.99. The summed E-state index contributed by atoms with van der Waals surface area (Å²) in [5.74, 6) is -0.0345. The van der Waals surface area contributed by atoms with E-state index in [1.807, 2.05) is 6.92 Å². The lowest BCUT2D eigenvalue weighted by Crippen LogP contribution is -2.33. The molecule has 0 unspecified atom stereocenters. The van der Waals surface area contributed by atoms with Gasteiger partial charge in [-0.15, -0.1) is 0 Å². The van der Waals surface area contributed by atoms with Crippen molar-refractivity contribution in [1.82, 2.24) is 4.90 Å². The summed E-state index contributed by atoms with van der Waals surface area (Å²) < 4.78 is 5.78. The summed E-state index contributed by atoms with van der Waals surface area (Å²) in [6.45, 7) is 3.69. The molecule has 3 nitrogen and oxygen atoms in total. The third-order valence-corrected chi connectivity index (χ3v) is 3.02. The summed E-state index contributed by atoms with van der Waals surface area (Å²) >= 11 is 9.25. The standard InChI is InChI=1S/C12H15BrClNO2/c1-3-15(4-5-17-2)12(16)9-6-10(13)8-11(14)7-9/h6-8H,3-5H2,1-2H3. The number of likely N-dealkylation sites (N-methyl/N-ethyl adjacent to an activating group) is 1. The van der Waals surface area contributed by atoms with Crippen molar-refractivity contribution in [2.24, 2.45) is 0 Å². The fourth-order valence-corrected chi connectivity index (χ4v) is 2.32. The Morgan fingerprint density at radius 2 is 2.18 bits per heavy atom. The maximum Gasteiger partial charge on any atom is 0.254 e. The molecule has 1 amide bonds. The number of halogens is 2. The molecule has 0 aromatic heterocycles. The van der Waals surface area contributed by atoms with Gasteiger partial charge in [-0.3, -0.25) is 4.79 Å². The van der Waals surface area contributed by atoms with E-state index in [1.165, 1.54) is 0 Å². The minimum Gasteiger partial charge on any atom is -0.383 e. The number of nitrogens with zero attached hydrogens (tertiary/aromatic N) is 1. The van der Waals surface area contributed by atoms with Crippen molar-refractivity contribution in [2.75, 3.05) is 26.8 Å². The topological polar surface area (TPSA) is 29.5 Å². The van der Waals surface area contributed by atoms with Crippen molar-refractivity contribution in [3.8, 4) is 0 Å². The van der Waals surface area contributed by atoms with Crippen LogP contribution in [0.15, 0.2) is 22.7 Å². The van der Waals surface area contributed by atoms with Crippen molar-refractivity contribution in [3.63, 3.8) is 0 Å². The number of hydrogen-bond donors (Lipinski definition) is 0. The Morgan fingerprint density at radius 1 is 1.47 bits per heavy atom. The molecule has 0 saturated carbocycles. The molecule has 0 bridgehead atoms. The number of benzene rings is 1. The fourth-order valence-electron chi connectivity index (χ4n) is 1.46. The Kier molecular flexibility index (Phi) is 5.95. The van der Waals surface area contributed by atoms with E-state index in [1.54, 1.807) is 30.2 Å². The molecule has 0 atom stereocenters. The number of ether oxygens (including phenoxy) is 1. The van der Waals surface area contributed by atoms with E-state index in [4.69, 9.17) is 16.3 Å². The van der Waals surface area contributed by atoms with E-state index < -0.39 is 0 Å². The SMILES string of the molecule is CCN(CCOC)C(=O)c1cc(Cl)cc(Br)c1. The first kappa shape index (κ1) is 14.5. The van der Waals surface area contributed by atoms with E-state index in [0.29, 0.717) is 30.3 Å². The third-order valence-electron chi connectivity index (χ3n) is 2.34. The Balaban J connectivity index is 2.85. The highest BCUT2D eigenvalue weighted by atomic mass is 79.9. The van der Waals surface area contributed by atoms with Gasteiger partial charge in [0, 0.05) is 35.3 Å². The highest BCUT2D eigenvalue weighted by molar-refractivity contribution is 9.10. The Bertz CT molecular complexity index is 378. The summed E-state index contributed by atoms with van der Waals surface area (Å²) in [6, 6.07) is 5.19.